The van der Waals surface area contributed by atoms with Crippen LogP contribution in [0.5, 0.6) is 0 Å². The Balaban J connectivity index is 1.86. The van der Waals surface area contributed by atoms with Crippen molar-refractivity contribution in [3.05, 3.63) is 75.9 Å². The number of rotatable bonds is 3. The van der Waals surface area contributed by atoms with Crippen LogP contribution in [0.1, 0.15) is 61.9 Å². The third kappa shape index (κ3) is 3.02. The summed E-state index contributed by atoms with van der Waals surface area (Å²) >= 11 is 0. The molecular weight excluding hydrogens is 264 g/mol. The van der Waals surface area contributed by atoms with Gasteiger partial charge in [-0.05, 0) is 52.5 Å². The fraction of sp³-hybridized carbons (Fsp3) is 0.364. The molecule has 0 fully saturated rings. The van der Waals surface area contributed by atoms with E-state index in [-0.39, 0.29) is 5.41 Å². The van der Waals surface area contributed by atoms with Crippen LogP contribution in [0, 0.1) is 0 Å². The van der Waals surface area contributed by atoms with Crippen LogP contribution in [0.2, 0.25) is 0 Å². The lowest BCUT2D eigenvalue weighted by atomic mass is 9.86. The second-order valence-electron chi connectivity index (χ2n) is 7.45. The van der Waals surface area contributed by atoms with Gasteiger partial charge >= 0.3 is 0 Å². The van der Waals surface area contributed by atoms with E-state index in [1.54, 1.807) is 5.57 Å². The minimum Gasteiger partial charge on any atom is -0.0655 e. The summed E-state index contributed by atoms with van der Waals surface area (Å²) in [5.74, 6) is 0. The van der Waals surface area contributed by atoms with Gasteiger partial charge in [-0.2, -0.15) is 0 Å². The van der Waals surface area contributed by atoms with Crippen molar-refractivity contribution < 1.29 is 0 Å². The summed E-state index contributed by atoms with van der Waals surface area (Å²) in [5, 5.41) is 0. The number of allylic oxidation sites excluding steroid dienone is 1. The van der Waals surface area contributed by atoms with Crippen LogP contribution in [0.4, 0.5) is 0 Å². The Morgan fingerprint density at radius 3 is 2.32 bits per heavy atom. The second-order valence-corrected chi connectivity index (χ2v) is 7.45. The Morgan fingerprint density at radius 2 is 1.68 bits per heavy atom. The van der Waals surface area contributed by atoms with Crippen molar-refractivity contribution >= 4 is 6.08 Å². The lowest BCUT2D eigenvalue weighted by molar-refractivity contribution is 0.590. The van der Waals surface area contributed by atoms with Crippen LogP contribution >= 0.6 is 0 Å². The molecule has 0 heteroatoms. The quantitative estimate of drug-likeness (QED) is 0.657. The summed E-state index contributed by atoms with van der Waals surface area (Å²) in [4.78, 5) is 0. The molecule has 1 aliphatic carbocycles. The first-order valence-electron chi connectivity index (χ1n) is 8.37. The van der Waals surface area contributed by atoms with E-state index in [1.807, 2.05) is 0 Å². The maximum atomic E-state index is 2.41. The number of hydrogen-bond acceptors (Lipinski definition) is 0. The van der Waals surface area contributed by atoms with Crippen molar-refractivity contribution in [2.24, 2.45) is 0 Å². The van der Waals surface area contributed by atoms with Gasteiger partial charge < -0.3 is 0 Å². The van der Waals surface area contributed by atoms with Crippen LogP contribution < -0.4 is 0 Å². The van der Waals surface area contributed by atoms with Crippen molar-refractivity contribution in [1.82, 2.24) is 0 Å². The first-order valence-corrected chi connectivity index (χ1v) is 8.37. The summed E-state index contributed by atoms with van der Waals surface area (Å²) in [7, 11) is 0. The molecule has 1 aliphatic rings. The maximum absolute atomic E-state index is 2.41. The van der Waals surface area contributed by atoms with Gasteiger partial charge in [0.1, 0.15) is 0 Å². The van der Waals surface area contributed by atoms with E-state index in [9.17, 15) is 0 Å². The fourth-order valence-corrected chi connectivity index (χ4v) is 3.23. The summed E-state index contributed by atoms with van der Waals surface area (Å²) in [6.07, 6.45) is 5.74. The summed E-state index contributed by atoms with van der Waals surface area (Å²) in [6.45, 7) is 9.05. The van der Waals surface area contributed by atoms with E-state index < -0.39 is 0 Å². The van der Waals surface area contributed by atoms with Gasteiger partial charge in [-0.3, -0.25) is 0 Å². The maximum Gasteiger partial charge on any atom is -0.00197 e. The molecule has 0 aromatic heterocycles. The van der Waals surface area contributed by atoms with E-state index >= 15 is 0 Å². The minimum absolute atomic E-state index is 0.227. The highest BCUT2D eigenvalue weighted by Gasteiger charge is 2.16. The lowest BCUT2D eigenvalue weighted by Crippen LogP contribution is -2.10. The highest BCUT2D eigenvalue weighted by atomic mass is 14.2. The van der Waals surface area contributed by atoms with Crippen molar-refractivity contribution in [3.63, 3.8) is 0 Å². The average Bonchev–Trinajstić information content (AvgIpc) is 2.91. The summed E-state index contributed by atoms with van der Waals surface area (Å²) in [6, 6.07) is 15.9. The first kappa shape index (κ1) is 15.1. The number of fused-ring (bicyclic) bond motifs is 1. The molecule has 3 rings (SSSR count). The standard InChI is InChI=1S/C22H26/c1-5-16-13-18-7-6-8-19(21(18)15-16)14-17-9-11-20(12-10-17)22(2,3)4/h6-12,15H,5,13-14H2,1-4H3. The molecule has 0 atom stereocenters. The van der Waals surface area contributed by atoms with Gasteiger partial charge in [0, 0.05) is 0 Å². The minimum atomic E-state index is 0.227. The molecule has 22 heavy (non-hydrogen) atoms. The highest BCUT2D eigenvalue weighted by molar-refractivity contribution is 5.67. The SMILES string of the molecule is CCC1=Cc2c(cccc2Cc2ccc(C(C)(C)C)cc2)C1. The molecule has 0 spiro atoms. The number of hydrogen-bond donors (Lipinski definition) is 0. The normalized spacial score (nSPS) is 13.9. The molecule has 0 heterocycles. The molecule has 114 valence electrons. The lowest BCUT2D eigenvalue weighted by Gasteiger charge is -2.19. The van der Waals surface area contributed by atoms with Gasteiger partial charge in [-0.1, -0.05) is 81.8 Å². The molecule has 0 N–H and O–H groups in total. The van der Waals surface area contributed by atoms with Gasteiger partial charge in [0.15, 0.2) is 0 Å². The Kier molecular flexibility index (Phi) is 3.95. The van der Waals surface area contributed by atoms with Crippen LogP contribution in [-0.2, 0) is 18.3 Å². The van der Waals surface area contributed by atoms with Crippen molar-refractivity contribution in [1.29, 1.82) is 0 Å². The fourth-order valence-electron chi connectivity index (χ4n) is 3.23. The molecule has 0 bridgehead atoms. The van der Waals surface area contributed by atoms with E-state index in [2.05, 4.69) is 76.2 Å². The second kappa shape index (κ2) is 5.76. The van der Waals surface area contributed by atoms with E-state index in [1.165, 1.54) is 27.8 Å². The van der Waals surface area contributed by atoms with Gasteiger partial charge in [0.05, 0.1) is 0 Å². The van der Waals surface area contributed by atoms with E-state index in [0.717, 1.165) is 19.3 Å². The van der Waals surface area contributed by atoms with Crippen molar-refractivity contribution in [3.8, 4) is 0 Å². The largest absolute Gasteiger partial charge is 0.0655 e. The summed E-state index contributed by atoms with van der Waals surface area (Å²) in [5.41, 5.74) is 9.03. The van der Waals surface area contributed by atoms with Gasteiger partial charge in [-0.15, -0.1) is 0 Å². The molecule has 2 aromatic carbocycles. The molecule has 0 nitrogen and oxygen atoms in total. The molecule has 0 radical (unpaired) electrons. The van der Waals surface area contributed by atoms with Crippen LogP contribution in [0.25, 0.3) is 6.08 Å². The Hall–Kier alpha value is -1.82. The molecule has 0 saturated carbocycles. The number of benzene rings is 2. The highest BCUT2D eigenvalue weighted by Crippen LogP contribution is 2.31. The molecule has 0 aliphatic heterocycles. The predicted molar refractivity (Wildman–Crippen MR) is 96.4 cm³/mol. The van der Waals surface area contributed by atoms with E-state index in [4.69, 9.17) is 0 Å². The zero-order valence-corrected chi connectivity index (χ0v) is 14.2. The topological polar surface area (TPSA) is 0 Å². The Bertz CT molecular complexity index is 694. The van der Waals surface area contributed by atoms with Crippen LogP contribution in [-0.4, -0.2) is 0 Å². The Morgan fingerprint density at radius 1 is 0.955 bits per heavy atom. The molecule has 0 saturated heterocycles. The van der Waals surface area contributed by atoms with Gasteiger partial charge in [0.25, 0.3) is 0 Å². The first-order chi connectivity index (χ1) is 10.5. The zero-order chi connectivity index (χ0) is 15.7. The predicted octanol–water partition coefficient (Wildman–Crippen LogP) is 5.92. The zero-order valence-electron chi connectivity index (χ0n) is 14.2. The average molecular weight is 290 g/mol. The smallest absolute Gasteiger partial charge is 0.00197 e. The third-order valence-electron chi connectivity index (χ3n) is 4.72. The molecular formula is C22H26. The summed E-state index contributed by atoms with van der Waals surface area (Å²) < 4.78 is 0. The third-order valence-corrected chi connectivity index (χ3v) is 4.72. The molecule has 0 amide bonds. The van der Waals surface area contributed by atoms with Gasteiger partial charge in [0.2, 0.25) is 0 Å². The van der Waals surface area contributed by atoms with Crippen LogP contribution in [0.3, 0.4) is 0 Å². The molecule has 2 aromatic rings. The van der Waals surface area contributed by atoms with Crippen molar-refractivity contribution in [2.75, 3.05) is 0 Å². The van der Waals surface area contributed by atoms with Gasteiger partial charge in [-0.25, -0.2) is 0 Å². The Labute approximate surface area is 134 Å². The van der Waals surface area contributed by atoms with Crippen LogP contribution in [0.15, 0.2) is 48.0 Å². The molecule has 0 unspecified atom stereocenters. The monoisotopic (exact) mass is 290 g/mol. The van der Waals surface area contributed by atoms with Crippen molar-refractivity contribution in [2.45, 2.75) is 52.4 Å². The van der Waals surface area contributed by atoms with E-state index in [0.29, 0.717) is 0 Å².